The smallest absolute Gasteiger partial charge is 0.155 e. The van der Waals surface area contributed by atoms with Gasteiger partial charge < -0.3 is 10.3 Å². The van der Waals surface area contributed by atoms with E-state index >= 15 is 0 Å². The van der Waals surface area contributed by atoms with Crippen molar-refractivity contribution in [3.63, 3.8) is 0 Å². The van der Waals surface area contributed by atoms with Crippen molar-refractivity contribution < 1.29 is 10.3 Å². The second-order valence-electron chi connectivity index (χ2n) is 2.99. The Labute approximate surface area is 87.3 Å². The lowest BCUT2D eigenvalue weighted by Crippen LogP contribution is -2.32. The number of hydrogen-bond donors (Lipinski definition) is 2. The molecule has 2 N–H and O–H groups in total. The molecular formula is C9H12BrNO2. The Kier molecular flexibility index (Phi) is 3.44. The van der Waals surface area contributed by atoms with E-state index in [1.807, 2.05) is 24.3 Å². The number of halogens is 1. The number of aliphatic hydroxyl groups excluding tert-OH is 1. The average molecular weight is 246 g/mol. The molecule has 1 aromatic carbocycles. The van der Waals surface area contributed by atoms with E-state index in [1.165, 1.54) is 0 Å². The van der Waals surface area contributed by atoms with E-state index in [-0.39, 0.29) is 17.0 Å². The Morgan fingerprint density at radius 2 is 2.00 bits per heavy atom. The van der Waals surface area contributed by atoms with Crippen LogP contribution in [0.15, 0.2) is 24.3 Å². The molecule has 3 nitrogen and oxygen atoms in total. The van der Waals surface area contributed by atoms with Gasteiger partial charge in [-0.3, -0.25) is 0 Å². The number of rotatable bonds is 0. The molecule has 2 rings (SSSR count). The van der Waals surface area contributed by atoms with E-state index < -0.39 is 6.23 Å². The van der Waals surface area contributed by atoms with Gasteiger partial charge in [-0.25, -0.2) is 0 Å². The molecule has 0 aromatic heterocycles. The minimum atomic E-state index is -0.852. The van der Waals surface area contributed by atoms with Crippen molar-refractivity contribution >= 4 is 17.0 Å². The molecule has 0 bridgehead atoms. The van der Waals surface area contributed by atoms with Crippen molar-refractivity contribution in [3.05, 3.63) is 35.4 Å². The van der Waals surface area contributed by atoms with Gasteiger partial charge in [0.1, 0.15) is 0 Å². The zero-order valence-corrected chi connectivity index (χ0v) is 8.76. The third-order valence-corrected chi connectivity index (χ3v) is 2.23. The highest BCUT2D eigenvalue weighted by molar-refractivity contribution is 8.93. The summed E-state index contributed by atoms with van der Waals surface area (Å²) in [7, 11) is 0. The van der Waals surface area contributed by atoms with Crippen LogP contribution in [0.2, 0.25) is 0 Å². The van der Waals surface area contributed by atoms with E-state index in [4.69, 9.17) is 0 Å². The van der Waals surface area contributed by atoms with Crippen LogP contribution in [-0.2, 0) is 6.42 Å². The molecule has 0 radical (unpaired) electrons. The molecule has 1 aliphatic rings. The van der Waals surface area contributed by atoms with Crippen molar-refractivity contribution in [2.24, 2.45) is 0 Å². The van der Waals surface area contributed by atoms with Gasteiger partial charge in [0.25, 0.3) is 0 Å². The van der Waals surface area contributed by atoms with Crippen molar-refractivity contribution in [1.29, 1.82) is 0 Å². The molecule has 0 amide bonds. The molecule has 0 spiro atoms. The van der Waals surface area contributed by atoms with Crippen molar-refractivity contribution in [1.82, 2.24) is 5.06 Å². The highest BCUT2D eigenvalue weighted by Crippen LogP contribution is 2.25. The molecule has 1 aliphatic heterocycles. The van der Waals surface area contributed by atoms with E-state index in [1.54, 1.807) is 0 Å². The van der Waals surface area contributed by atoms with Crippen LogP contribution in [0, 0.1) is 0 Å². The van der Waals surface area contributed by atoms with Crippen LogP contribution >= 0.6 is 17.0 Å². The summed E-state index contributed by atoms with van der Waals surface area (Å²) in [4.78, 5) is 0. The first-order valence-corrected chi connectivity index (χ1v) is 4.00. The predicted octanol–water partition coefficient (Wildman–Crippen LogP) is 1.50. The highest BCUT2D eigenvalue weighted by Gasteiger charge is 2.22. The summed E-state index contributed by atoms with van der Waals surface area (Å²) in [6, 6.07) is 7.62. The SMILES string of the molecule is Br.OC1c2ccccc2CCN1O. The van der Waals surface area contributed by atoms with Gasteiger partial charge in [0.2, 0.25) is 0 Å². The van der Waals surface area contributed by atoms with Crippen LogP contribution in [0.4, 0.5) is 0 Å². The number of hydroxylamine groups is 2. The third kappa shape index (κ3) is 1.91. The maximum absolute atomic E-state index is 9.51. The summed E-state index contributed by atoms with van der Waals surface area (Å²) < 4.78 is 0. The van der Waals surface area contributed by atoms with E-state index in [9.17, 15) is 10.3 Å². The van der Waals surface area contributed by atoms with E-state index in [0.29, 0.717) is 6.54 Å². The first-order chi connectivity index (χ1) is 5.79. The lowest BCUT2D eigenvalue weighted by Gasteiger charge is -2.28. The van der Waals surface area contributed by atoms with Crippen molar-refractivity contribution in [2.75, 3.05) is 6.54 Å². The summed E-state index contributed by atoms with van der Waals surface area (Å²) in [5, 5.41) is 19.7. The summed E-state index contributed by atoms with van der Waals surface area (Å²) in [6.07, 6.45) is -0.0565. The standard InChI is InChI=1S/C9H11NO2.BrH/c11-9-8-4-2-1-3-7(8)5-6-10(9)12;/h1-4,9,11-12H,5-6H2;1H. The van der Waals surface area contributed by atoms with Gasteiger partial charge in [0, 0.05) is 12.1 Å². The van der Waals surface area contributed by atoms with Gasteiger partial charge in [-0.15, -0.1) is 17.0 Å². The number of nitrogens with zero attached hydrogens (tertiary/aromatic N) is 1. The first-order valence-electron chi connectivity index (χ1n) is 4.00. The fourth-order valence-electron chi connectivity index (χ4n) is 1.53. The zero-order chi connectivity index (χ0) is 8.55. The monoisotopic (exact) mass is 245 g/mol. The maximum Gasteiger partial charge on any atom is 0.155 e. The van der Waals surface area contributed by atoms with Gasteiger partial charge in [-0.1, -0.05) is 24.3 Å². The van der Waals surface area contributed by atoms with Gasteiger partial charge in [0.05, 0.1) is 0 Å². The number of hydrogen-bond acceptors (Lipinski definition) is 3. The predicted molar refractivity (Wildman–Crippen MR) is 53.9 cm³/mol. The van der Waals surface area contributed by atoms with Crippen LogP contribution in [0.3, 0.4) is 0 Å². The Morgan fingerprint density at radius 1 is 1.31 bits per heavy atom. The Morgan fingerprint density at radius 3 is 2.77 bits per heavy atom. The van der Waals surface area contributed by atoms with E-state index in [2.05, 4.69) is 0 Å². The van der Waals surface area contributed by atoms with Gasteiger partial charge in [0.15, 0.2) is 6.23 Å². The minimum Gasteiger partial charge on any atom is -0.372 e. The maximum atomic E-state index is 9.51. The van der Waals surface area contributed by atoms with E-state index in [0.717, 1.165) is 22.6 Å². The number of benzene rings is 1. The zero-order valence-electron chi connectivity index (χ0n) is 7.05. The van der Waals surface area contributed by atoms with Crippen LogP contribution in [0.5, 0.6) is 0 Å². The summed E-state index contributed by atoms with van der Waals surface area (Å²) in [5.74, 6) is 0. The summed E-state index contributed by atoms with van der Waals surface area (Å²) in [6.45, 7) is 0.498. The fourth-order valence-corrected chi connectivity index (χ4v) is 1.53. The van der Waals surface area contributed by atoms with Crippen LogP contribution < -0.4 is 0 Å². The normalized spacial score (nSPS) is 21.8. The quantitative estimate of drug-likeness (QED) is 0.729. The molecule has 1 aromatic rings. The Bertz CT molecular complexity index is 293. The molecule has 4 heteroatoms. The summed E-state index contributed by atoms with van der Waals surface area (Å²) >= 11 is 0. The van der Waals surface area contributed by atoms with Gasteiger partial charge in [-0.2, -0.15) is 5.06 Å². The van der Waals surface area contributed by atoms with Crippen molar-refractivity contribution in [2.45, 2.75) is 12.6 Å². The second-order valence-corrected chi connectivity index (χ2v) is 2.99. The molecule has 1 atom stereocenters. The van der Waals surface area contributed by atoms with Gasteiger partial charge in [-0.05, 0) is 12.0 Å². The molecule has 13 heavy (non-hydrogen) atoms. The molecule has 1 unspecified atom stereocenters. The summed E-state index contributed by atoms with van der Waals surface area (Å²) in [5.41, 5.74) is 1.93. The first kappa shape index (κ1) is 10.7. The van der Waals surface area contributed by atoms with Gasteiger partial charge >= 0.3 is 0 Å². The fraction of sp³-hybridized carbons (Fsp3) is 0.333. The molecular weight excluding hydrogens is 234 g/mol. The molecule has 1 heterocycles. The van der Waals surface area contributed by atoms with Crippen LogP contribution in [0.25, 0.3) is 0 Å². The average Bonchev–Trinajstić information content (AvgIpc) is 2.12. The molecule has 0 fully saturated rings. The van der Waals surface area contributed by atoms with Crippen LogP contribution in [0.1, 0.15) is 17.4 Å². The highest BCUT2D eigenvalue weighted by atomic mass is 79.9. The van der Waals surface area contributed by atoms with Crippen LogP contribution in [-0.4, -0.2) is 21.9 Å². The minimum absolute atomic E-state index is 0. The Hall–Kier alpha value is -0.420. The van der Waals surface area contributed by atoms with Crippen molar-refractivity contribution in [3.8, 4) is 0 Å². The molecule has 0 saturated carbocycles. The number of fused-ring (bicyclic) bond motifs is 1. The topological polar surface area (TPSA) is 43.7 Å². The lowest BCUT2D eigenvalue weighted by molar-refractivity contribution is -0.204. The largest absolute Gasteiger partial charge is 0.372 e. The third-order valence-electron chi connectivity index (χ3n) is 2.23. The molecule has 0 saturated heterocycles. The number of aliphatic hydroxyl groups is 1. The Balaban J connectivity index is 0.000000845. The second kappa shape index (κ2) is 4.19. The molecule has 0 aliphatic carbocycles. The molecule has 72 valence electrons. The lowest BCUT2D eigenvalue weighted by atomic mass is 10.00.